The van der Waals surface area contributed by atoms with Crippen molar-refractivity contribution in [2.45, 2.75) is 52.9 Å². The first-order chi connectivity index (χ1) is 7.59. The molecule has 0 fully saturated rings. The van der Waals surface area contributed by atoms with Crippen molar-refractivity contribution in [3.63, 3.8) is 0 Å². The summed E-state index contributed by atoms with van der Waals surface area (Å²) < 4.78 is 0. The van der Waals surface area contributed by atoms with Crippen LogP contribution >= 0.6 is 0 Å². The average molecular weight is 216 g/mol. The van der Waals surface area contributed by atoms with Crippen molar-refractivity contribution < 1.29 is 0 Å². The zero-order chi connectivity index (χ0) is 12.3. The summed E-state index contributed by atoms with van der Waals surface area (Å²) in [7, 11) is 0. The van der Waals surface area contributed by atoms with Gasteiger partial charge < -0.3 is 0 Å². The fraction of sp³-hybridized carbons (Fsp3) is 0.500. The molecule has 2 atom stereocenters. The largest absolute Gasteiger partial charge is 0.0955 e. The van der Waals surface area contributed by atoms with Crippen molar-refractivity contribution in [2.24, 2.45) is 0 Å². The molecule has 1 aliphatic carbocycles. The van der Waals surface area contributed by atoms with E-state index in [1.54, 1.807) is 5.56 Å². The molecular formula is C16H24. The monoisotopic (exact) mass is 216 g/mol. The number of allylic oxidation sites excluding steroid dienone is 1. The first kappa shape index (κ1) is 13.0. The van der Waals surface area contributed by atoms with Crippen molar-refractivity contribution in [3.8, 4) is 0 Å². The zero-order valence-corrected chi connectivity index (χ0v) is 11.3. The van der Waals surface area contributed by atoms with Crippen LogP contribution in [0.25, 0.3) is 5.57 Å². The van der Waals surface area contributed by atoms with Crippen LogP contribution in [-0.2, 0) is 0 Å². The van der Waals surface area contributed by atoms with Crippen LogP contribution in [0.5, 0.6) is 0 Å². The zero-order valence-electron chi connectivity index (χ0n) is 11.3. The third-order valence-electron chi connectivity index (χ3n) is 3.35. The molecule has 88 valence electrons. The molecule has 0 nitrogen and oxygen atoms in total. The second kappa shape index (κ2) is 5.34. The molecule has 0 saturated carbocycles. The number of hydrogen-bond acceptors (Lipinski definition) is 0. The Balaban J connectivity index is 0.000000606. The molecule has 2 unspecified atom stereocenters. The Morgan fingerprint density at radius 2 is 1.69 bits per heavy atom. The van der Waals surface area contributed by atoms with E-state index in [4.69, 9.17) is 0 Å². The molecule has 0 radical (unpaired) electrons. The van der Waals surface area contributed by atoms with Crippen molar-refractivity contribution in [2.75, 3.05) is 0 Å². The summed E-state index contributed by atoms with van der Waals surface area (Å²) in [6.45, 7) is 14.7. The lowest BCUT2D eigenvalue weighted by atomic mass is 9.98. The highest BCUT2D eigenvalue weighted by Gasteiger charge is 2.24. The van der Waals surface area contributed by atoms with Crippen molar-refractivity contribution in [1.82, 2.24) is 0 Å². The predicted octanol–water partition coefficient (Wildman–Crippen LogP) is 5.36. The fourth-order valence-electron chi connectivity index (χ4n) is 2.50. The van der Waals surface area contributed by atoms with Gasteiger partial charge in [0.1, 0.15) is 0 Å². The molecule has 1 aliphatic rings. The highest BCUT2D eigenvalue weighted by molar-refractivity contribution is 5.63. The van der Waals surface area contributed by atoms with Gasteiger partial charge in [-0.2, -0.15) is 0 Å². The summed E-state index contributed by atoms with van der Waals surface area (Å²) in [5.74, 6) is 1.46. The Morgan fingerprint density at radius 1 is 1.12 bits per heavy atom. The molecular weight excluding hydrogens is 192 g/mol. The molecule has 0 spiro atoms. The molecule has 0 heteroatoms. The molecule has 1 aromatic rings. The Bertz CT molecular complexity index is 374. The van der Waals surface area contributed by atoms with Crippen LogP contribution in [0.15, 0.2) is 24.8 Å². The Labute approximate surface area is 100 Å². The lowest BCUT2D eigenvalue weighted by molar-refractivity contribution is 0.661. The summed E-state index contributed by atoms with van der Waals surface area (Å²) >= 11 is 0. The Morgan fingerprint density at radius 3 is 2.25 bits per heavy atom. The molecule has 0 aliphatic heterocycles. The van der Waals surface area contributed by atoms with Gasteiger partial charge in [0.25, 0.3) is 0 Å². The van der Waals surface area contributed by atoms with Gasteiger partial charge in [0.15, 0.2) is 0 Å². The first-order valence-corrected chi connectivity index (χ1v) is 6.39. The van der Waals surface area contributed by atoms with Gasteiger partial charge in [-0.1, -0.05) is 58.0 Å². The van der Waals surface area contributed by atoms with Crippen molar-refractivity contribution in [1.29, 1.82) is 0 Å². The van der Waals surface area contributed by atoms with Crippen LogP contribution in [0.4, 0.5) is 0 Å². The molecule has 0 heterocycles. The van der Waals surface area contributed by atoms with Crippen LogP contribution < -0.4 is 0 Å². The van der Waals surface area contributed by atoms with E-state index in [-0.39, 0.29) is 0 Å². The third kappa shape index (κ3) is 2.37. The van der Waals surface area contributed by atoms with Gasteiger partial charge in [0.05, 0.1) is 0 Å². The minimum atomic E-state index is 0.722. The molecule has 2 rings (SSSR count). The maximum absolute atomic E-state index is 3.99. The fourth-order valence-corrected chi connectivity index (χ4v) is 2.50. The number of fused-ring (bicyclic) bond motifs is 1. The van der Waals surface area contributed by atoms with E-state index < -0.39 is 0 Å². The quantitative estimate of drug-likeness (QED) is 0.593. The summed E-state index contributed by atoms with van der Waals surface area (Å²) in [6.07, 6.45) is 1.30. The highest BCUT2D eigenvalue weighted by atomic mass is 14.3. The first-order valence-electron chi connectivity index (χ1n) is 6.39. The van der Waals surface area contributed by atoms with Gasteiger partial charge in [0.2, 0.25) is 0 Å². The third-order valence-corrected chi connectivity index (χ3v) is 3.35. The Kier molecular flexibility index (Phi) is 4.35. The van der Waals surface area contributed by atoms with Crippen molar-refractivity contribution in [3.05, 3.63) is 41.5 Å². The van der Waals surface area contributed by atoms with Gasteiger partial charge in [-0.15, -0.1) is 0 Å². The van der Waals surface area contributed by atoms with Gasteiger partial charge in [0, 0.05) is 0 Å². The predicted molar refractivity (Wildman–Crippen MR) is 73.9 cm³/mol. The van der Waals surface area contributed by atoms with Crippen LogP contribution in [-0.4, -0.2) is 0 Å². The maximum atomic E-state index is 3.99. The summed E-state index contributed by atoms with van der Waals surface area (Å²) in [5, 5.41) is 0. The topological polar surface area (TPSA) is 0 Å². The highest BCUT2D eigenvalue weighted by Crippen LogP contribution is 2.41. The van der Waals surface area contributed by atoms with Gasteiger partial charge in [-0.05, 0) is 41.9 Å². The summed E-state index contributed by atoms with van der Waals surface area (Å²) in [4.78, 5) is 0. The average Bonchev–Trinajstić information content (AvgIpc) is 2.57. The van der Waals surface area contributed by atoms with E-state index in [0.29, 0.717) is 0 Å². The molecule has 0 amide bonds. The molecule has 0 N–H and O–H groups in total. The second-order valence-corrected chi connectivity index (χ2v) is 4.66. The SMILES string of the molecule is C=C(C)c1ccc2c(c1)C(C)CC2C.CC. The molecule has 16 heavy (non-hydrogen) atoms. The number of benzene rings is 1. The van der Waals surface area contributed by atoms with Gasteiger partial charge >= 0.3 is 0 Å². The smallest absolute Gasteiger partial charge is 0.0182 e. The number of hydrogen-bond donors (Lipinski definition) is 0. The molecule has 0 saturated heterocycles. The maximum Gasteiger partial charge on any atom is -0.0182 e. The minimum absolute atomic E-state index is 0.722. The van der Waals surface area contributed by atoms with E-state index in [9.17, 15) is 0 Å². The van der Waals surface area contributed by atoms with E-state index in [0.717, 1.165) is 11.8 Å². The van der Waals surface area contributed by atoms with Crippen LogP contribution in [0.2, 0.25) is 0 Å². The standard InChI is InChI=1S/C14H18.C2H6/c1-9(2)12-5-6-13-10(3)7-11(4)14(13)8-12;1-2/h5-6,8,10-11H,1,7H2,2-4H3;1-2H3. The second-order valence-electron chi connectivity index (χ2n) is 4.66. The lowest BCUT2D eigenvalue weighted by Gasteiger charge is -2.08. The van der Waals surface area contributed by atoms with E-state index in [1.807, 2.05) is 13.8 Å². The van der Waals surface area contributed by atoms with Gasteiger partial charge in [-0.3, -0.25) is 0 Å². The lowest BCUT2D eigenvalue weighted by Crippen LogP contribution is -1.89. The van der Waals surface area contributed by atoms with E-state index in [1.165, 1.54) is 23.1 Å². The molecule has 0 bridgehead atoms. The van der Waals surface area contributed by atoms with Crippen LogP contribution in [0, 0.1) is 0 Å². The van der Waals surface area contributed by atoms with E-state index >= 15 is 0 Å². The van der Waals surface area contributed by atoms with Gasteiger partial charge in [-0.25, -0.2) is 0 Å². The normalized spacial score (nSPS) is 22.1. The summed E-state index contributed by atoms with van der Waals surface area (Å²) in [5.41, 5.74) is 5.55. The molecule has 0 aromatic heterocycles. The minimum Gasteiger partial charge on any atom is -0.0955 e. The van der Waals surface area contributed by atoms with Crippen LogP contribution in [0.3, 0.4) is 0 Å². The number of rotatable bonds is 1. The molecule has 1 aromatic carbocycles. The Hall–Kier alpha value is -1.04. The summed E-state index contributed by atoms with van der Waals surface area (Å²) in [6, 6.07) is 6.81. The van der Waals surface area contributed by atoms with Crippen LogP contribution in [0.1, 0.15) is 69.6 Å². The van der Waals surface area contributed by atoms with E-state index in [2.05, 4.69) is 45.5 Å². The van der Waals surface area contributed by atoms with Crippen molar-refractivity contribution >= 4 is 5.57 Å².